The molecule has 2 heterocycles. The molecule has 0 atom stereocenters. The molecule has 1 aromatic heterocycles. The van der Waals surface area contributed by atoms with Crippen LogP contribution < -0.4 is 9.47 Å². The van der Waals surface area contributed by atoms with E-state index in [0.29, 0.717) is 33.8 Å². The zero-order valence-corrected chi connectivity index (χ0v) is 15.6. The number of hydrogen-bond acceptors (Lipinski definition) is 6. The van der Waals surface area contributed by atoms with Gasteiger partial charge in [0.15, 0.2) is 5.17 Å². The van der Waals surface area contributed by atoms with Crippen molar-refractivity contribution >= 4 is 34.6 Å². The Kier molecular flexibility index (Phi) is 5.58. The number of nitrogens with zero attached hydrogens (tertiary/aromatic N) is 3. The average Bonchev–Trinajstić information content (AvgIpc) is 2.96. The number of amidine groups is 1. The van der Waals surface area contributed by atoms with Gasteiger partial charge >= 0.3 is 0 Å². The molecule has 0 unspecified atom stereocenters. The first kappa shape index (κ1) is 18.0. The summed E-state index contributed by atoms with van der Waals surface area (Å²) in [5.41, 5.74) is 1.49. The van der Waals surface area contributed by atoms with Gasteiger partial charge in [-0.25, -0.2) is 4.99 Å². The lowest BCUT2D eigenvalue weighted by molar-refractivity contribution is -0.122. The van der Waals surface area contributed by atoms with Crippen molar-refractivity contribution in [2.75, 3.05) is 20.8 Å². The molecule has 134 valence electrons. The predicted octanol–water partition coefficient (Wildman–Crippen LogP) is 3.72. The molecule has 2 aromatic rings. The van der Waals surface area contributed by atoms with E-state index in [2.05, 4.69) is 9.98 Å². The van der Waals surface area contributed by atoms with E-state index in [-0.39, 0.29) is 5.91 Å². The van der Waals surface area contributed by atoms with Crippen LogP contribution in [0.1, 0.15) is 12.5 Å². The molecule has 1 saturated heterocycles. The summed E-state index contributed by atoms with van der Waals surface area (Å²) in [6.07, 6.45) is 5.16. The van der Waals surface area contributed by atoms with Crippen molar-refractivity contribution in [3.63, 3.8) is 0 Å². The van der Waals surface area contributed by atoms with Gasteiger partial charge in [0, 0.05) is 18.3 Å². The van der Waals surface area contributed by atoms with Crippen LogP contribution in [0.3, 0.4) is 0 Å². The van der Waals surface area contributed by atoms with Crippen LogP contribution in [0.25, 0.3) is 6.08 Å². The lowest BCUT2D eigenvalue weighted by Crippen LogP contribution is -2.28. The van der Waals surface area contributed by atoms with Gasteiger partial charge in [0.25, 0.3) is 5.91 Å². The number of rotatable bonds is 5. The van der Waals surface area contributed by atoms with Gasteiger partial charge in [-0.15, -0.1) is 0 Å². The number of hydrogen-bond donors (Lipinski definition) is 0. The third-order valence-electron chi connectivity index (χ3n) is 3.80. The minimum absolute atomic E-state index is 0.0787. The largest absolute Gasteiger partial charge is 0.497 e. The highest BCUT2D eigenvalue weighted by Gasteiger charge is 2.32. The molecule has 1 aliphatic rings. The Labute approximate surface area is 156 Å². The summed E-state index contributed by atoms with van der Waals surface area (Å²) in [5, 5.41) is 0.638. The Morgan fingerprint density at radius 1 is 1.27 bits per heavy atom. The Morgan fingerprint density at radius 3 is 2.77 bits per heavy atom. The Morgan fingerprint density at radius 2 is 2.12 bits per heavy atom. The predicted molar refractivity (Wildman–Crippen MR) is 104 cm³/mol. The number of thioether (sulfide) groups is 1. The molecule has 0 aliphatic carbocycles. The van der Waals surface area contributed by atoms with E-state index in [1.165, 1.54) is 11.8 Å². The van der Waals surface area contributed by atoms with Gasteiger partial charge in [0.1, 0.15) is 11.5 Å². The van der Waals surface area contributed by atoms with Crippen molar-refractivity contribution < 1.29 is 14.3 Å². The molecule has 0 N–H and O–H groups in total. The highest BCUT2D eigenvalue weighted by atomic mass is 32.2. The van der Waals surface area contributed by atoms with Crippen LogP contribution in [0.5, 0.6) is 11.5 Å². The maximum absolute atomic E-state index is 12.8. The van der Waals surface area contributed by atoms with Gasteiger partial charge in [-0.3, -0.25) is 14.7 Å². The fourth-order valence-electron chi connectivity index (χ4n) is 2.49. The molecule has 1 fully saturated rings. The van der Waals surface area contributed by atoms with Gasteiger partial charge in [-0.1, -0.05) is 0 Å². The fraction of sp³-hybridized carbons (Fsp3) is 0.211. The van der Waals surface area contributed by atoms with Crippen molar-refractivity contribution in [2.45, 2.75) is 6.92 Å². The van der Waals surface area contributed by atoms with E-state index >= 15 is 0 Å². The first-order valence-electron chi connectivity index (χ1n) is 8.08. The van der Waals surface area contributed by atoms with Gasteiger partial charge in [0.2, 0.25) is 0 Å². The first-order valence-corrected chi connectivity index (χ1v) is 8.90. The lowest BCUT2D eigenvalue weighted by Gasteiger charge is -2.11. The number of amides is 1. The number of carbonyl (C=O) groups is 1. The maximum atomic E-state index is 12.8. The summed E-state index contributed by atoms with van der Waals surface area (Å²) in [4.78, 5) is 23.6. The van der Waals surface area contributed by atoms with E-state index in [1.807, 2.05) is 43.3 Å². The van der Waals surface area contributed by atoms with Crippen LogP contribution in [0, 0.1) is 0 Å². The second-order valence-corrected chi connectivity index (χ2v) is 6.38. The van der Waals surface area contributed by atoms with Crippen LogP contribution in [-0.2, 0) is 4.79 Å². The van der Waals surface area contributed by atoms with Gasteiger partial charge in [-0.2, -0.15) is 0 Å². The standard InChI is InChI=1S/C19H19N3O3S/c1-4-22-18(23)17(26-19(22)21-14-6-5-9-20-12-14)11-13-10-15(24-2)7-8-16(13)25-3/h5-12H,4H2,1-3H3/b17-11-,21-19?. The molecule has 0 bridgehead atoms. The first-order chi connectivity index (χ1) is 12.7. The molecule has 1 amide bonds. The number of carbonyl (C=O) groups excluding carboxylic acids is 1. The van der Waals surface area contributed by atoms with E-state index in [4.69, 9.17) is 9.47 Å². The van der Waals surface area contributed by atoms with Crippen LogP contribution in [0.15, 0.2) is 52.6 Å². The quantitative estimate of drug-likeness (QED) is 0.752. The molecule has 0 saturated carbocycles. The van der Waals surface area contributed by atoms with Crippen LogP contribution in [0.4, 0.5) is 5.69 Å². The minimum Gasteiger partial charge on any atom is -0.497 e. The van der Waals surface area contributed by atoms with Crippen LogP contribution >= 0.6 is 11.8 Å². The third-order valence-corrected chi connectivity index (χ3v) is 4.81. The Hall–Kier alpha value is -2.80. The molecule has 0 radical (unpaired) electrons. The molecular formula is C19H19N3O3S. The summed E-state index contributed by atoms with van der Waals surface area (Å²) in [6.45, 7) is 2.46. The number of pyridine rings is 1. The summed E-state index contributed by atoms with van der Waals surface area (Å²) < 4.78 is 10.7. The second-order valence-electron chi connectivity index (χ2n) is 5.37. The van der Waals surface area contributed by atoms with Crippen molar-refractivity contribution in [3.05, 3.63) is 53.2 Å². The highest BCUT2D eigenvalue weighted by molar-refractivity contribution is 8.18. The summed E-state index contributed by atoms with van der Waals surface area (Å²) in [7, 11) is 3.20. The molecular weight excluding hydrogens is 350 g/mol. The van der Waals surface area contributed by atoms with Crippen LogP contribution in [0.2, 0.25) is 0 Å². The summed E-state index contributed by atoms with van der Waals surface area (Å²) >= 11 is 1.34. The second kappa shape index (κ2) is 8.05. The molecule has 1 aliphatic heterocycles. The number of benzene rings is 1. The van der Waals surface area contributed by atoms with Crippen LogP contribution in [-0.4, -0.2) is 41.7 Å². The van der Waals surface area contributed by atoms with Crippen molar-refractivity contribution in [1.82, 2.24) is 9.88 Å². The van der Waals surface area contributed by atoms with Gasteiger partial charge in [0.05, 0.1) is 31.0 Å². The highest BCUT2D eigenvalue weighted by Crippen LogP contribution is 2.36. The smallest absolute Gasteiger partial charge is 0.266 e. The molecule has 6 nitrogen and oxygen atoms in total. The molecule has 3 rings (SSSR count). The Bertz CT molecular complexity index is 866. The normalized spacial score (nSPS) is 17.2. The third kappa shape index (κ3) is 3.72. The SMILES string of the molecule is CCN1C(=O)/C(=C/c2cc(OC)ccc2OC)SC1=Nc1cccnc1. The number of likely N-dealkylation sites (N-methyl/N-ethyl adjacent to an activating group) is 1. The molecule has 7 heteroatoms. The van der Waals surface area contributed by atoms with Crippen molar-refractivity contribution in [3.8, 4) is 11.5 Å². The van der Waals surface area contributed by atoms with Gasteiger partial charge in [-0.05, 0) is 55.1 Å². The topological polar surface area (TPSA) is 64.0 Å². The van der Waals surface area contributed by atoms with E-state index in [0.717, 1.165) is 5.56 Å². The van der Waals surface area contributed by atoms with E-state index in [1.54, 1.807) is 31.5 Å². The summed E-state index contributed by atoms with van der Waals surface area (Å²) in [5.74, 6) is 1.29. The van der Waals surface area contributed by atoms with Crippen molar-refractivity contribution in [1.29, 1.82) is 0 Å². The van der Waals surface area contributed by atoms with Gasteiger partial charge < -0.3 is 9.47 Å². The monoisotopic (exact) mass is 369 g/mol. The minimum atomic E-state index is -0.0787. The fourth-order valence-corrected chi connectivity index (χ4v) is 3.55. The summed E-state index contributed by atoms with van der Waals surface area (Å²) in [6, 6.07) is 9.14. The number of methoxy groups -OCH3 is 2. The van der Waals surface area contributed by atoms with E-state index < -0.39 is 0 Å². The zero-order valence-electron chi connectivity index (χ0n) is 14.8. The Balaban J connectivity index is 1.98. The number of aromatic nitrogens is 1. The molecule has 26 heavy (non-hydrogen) atoms. The average molecular weight is 369 g/mol. The molecule has 0 spiro atoms. The molecule has 1 aromatic carbocycles. The number of aliphatic imine (C=N–C) groups is 1. The lowest BCUT2D eigenvalue weighted by atomic mass is 10.1. The zero-order chi connectivity index (χ0) is 18.5. The van der Waals surface area contributed by atoms with E-state index in [9.17, 15) is 4.79 Å². The van der Waals surface area contributed by atoms with Crippen molar-refractivity contribution in [2.24, 2.45) is 4.99 Å². The maximum Gasteiger partial charge on any atom is 0.266 e. The number of ether oxygens (including phenoxy) is 2.